The second kappa shape index (κ2) is 9.35. The third kappa shape index (κ3) is 4.49. The van der Waals surface area contributed by atoms with E-state index in [9.17, 15) is 9.59 Å². The molecule has 1 atom stereocenters. The number of pyridine rings is 1. The standard InChI is InChI=1S/C24H25N3O3.ClH/c1-15-11-17-12-18(30-3)13-21(22(17)25-14-15)26-16(2)7-6-10-27-23(28)19-8-4-5-9-20(19)24(27)29;/h4-5,8-9,11-14,16,26H,6-7,10H2,1-3H3;1H. The van der Waals surface area contributed by atoms with Crippen molar-refractivity contribution in [1.29, 1.82) is 0 Å². The average Bonchev–Trinajstić information content (AvgIpc) is 2.98. The monoisotopic (exact) mass is 439 g/mol. The number of anilines is 1. The zero-order chi connectivity index (χ0) is 21.3. The Balaban J connectivity index is 0.00000272. The molecule has 6 nitrogen and oxygen atoms in total. The lowest BCUT2D eigenvalue weighted by Gasteiger charge is -2.19. The Labute approximate surface area is 188 Å². The van der Waals surface area contributed by atoms with E-state index in [1.54, 1.807) is 31.4 Å². The van der Waals surface area contributed by atoms with Crippen molar-refractivity contribution in [3.63, 3.8) is 0 Å². The molecule has 7 heteroatoms. The van der Waals surface area contributed by atoms with Gasteiger partial charge in [-0.3, -0.25) is 19.5 Å². The van der Waals surface area contributed by atoms with Gasteiger partial charge in [0.05, 0.1) is 29.4 Å². The molecule has 0 bridgehead atoms. The number of imide groups is 1. The van der Waals surface area contributed by atoms with E-state index in [-0.39, 0.29) is 30.3 Å². The number of hydrogen-bond acceptors (Lipinski definition) is 5. The summed E-state index contributed by atoms with van der Waals surface area (Å²) in [4.78, 5) is 30.9. The van der Waals surface area contributed by atoms with Crippen LogP contribution in [0.3, 0.4) is 0 Å². The summed E-state index contributed by atoms with van der Waals surface area (Å²) in [5, 5.41) is 4.54. The number of benzene rings is 2. The third-order valence-corrected chi connectivity index (χ3v) is 5.43. The molecule has 162 valence electrons. The number of amides is 2. The number of methoxy groups -OCH3 is 1. The molecule has 0 aliphatic carbocycles. The molecule has 2 aromatic carbocycles. The SMILES string of the molecule is COc1cc(NC(C)CCCN2C(=O)c3ccccc3C2=O)c2ncc(C)cc2c1.Cl. The van der Waals surface area contributed by atoms with Crippen LogP contribution in [0, 0.1) is 6.92 Å². The van der Waals surface area contributed by atoms with Crippen LogP contribution < -0.4 is 10.1 Å². The van der Waals surface area contributed by atoms with Gasteiger partial charge in [-0.2, -0.15) is 0 Å². The summed E-state index contributed by atoms with van der Waals surface area (Å²) in [7, 11) is 1.65. The van der Waals surface area contributed by atoms with Crippen LogP contribution in [-0.4, -0.2) is 41.4 Å². The normalized spacial score (nSPS) is 13.7. The highest BCUT2D eigenvalue weighted by Gasteiger charge is 2.34. The van der Waals surface area contributed by atoms with Crippen LogP contribution in [-0.2, 0) is 0 Å². The van der Waals surface area contributed by atoms with Crippen molar-refractivity contribution in [2.75, 3.05) is 19.0 Å². The molecule has 1 unspecified atom stereocenters. The molecule has 3 aromatic rings. The van der Waals surface area contributed by atoms with Gasteiger partial charge in [0.1, 0.15) is 5.75 Å². The molecule has 0 radical (unpaired) electrons. The van der Waals surface area contributed by atoms with Gasteiger partial charge in [0, 0.05) is 30.2 Å². The lowest BCUT2D eigenvalue weighted by molar-refractivity contribution is 0.0651. The number of nitrogens with zero attached hydrogens (tertiary/aromatic N) is 2. The minimum Gasteiger partial charge on any atom is -0.497 e. The van der Waals surface area contributed by atoms with Gasteiger partial charge in [-0.15, -0.1) is 12.4 Å². The van der Waals surface area contributed by atoms with Gasteiger partial charge in [0.25, 0.3) is 11.8 Å². The lowest BCUT2D eigenvalue weighted by atomic mass is 10.1. The molecule has 0 saturated heterocycles. The van der Waals surface area contributed by atoms with Crippen molar-refractivity contribution < 1.29 is 14.3 Å². The molecule has 0 saturated carbocycles. The van der Waals surface area contributed by atoms with Crippen LogP contribution in [0.15, 0.2) is 48.7 Å². The quantitative estimate of drug-likeness (QED) is 0.533. The summed E-state index contributed by atoms with van der Waals surface area (Å²) >= 11 is 0. The molecule has 2 heterocycles. The van der Waals surface area contributed by atoms with Crippen LogP contribution in [0.1, 0.15) is 46.0 Å². The van der Waals surface area contributed by atoms with Crippen molar-refractivity contribution in [2.45, 2.75) is 32.7 Å². The smallest absolute Gasteiger partial charge is 0.261 e. The number of aryl methyl sites for hydroxylation is 1. The second-order valence-electron chi connectivity index (χ2n) is 7.75. The molecule has 1 aromatic heterocycles. The van der Waals surface area contributed by atoms with Crippen molar-refractivity contribution in [3.05, 3.63) is 65.4 Å². The molecule has 1 aliphatic heterocycles. The first kappa shape index (κ1) is 22.6. The number of rotatable bonds is 7. The largest absolute Gasteiger partial charge is 0.497 e. The van der Waals surface area contributed by atoms with Gasteiger partial charge < -0.3 is 10.1 Å². The van der Waals surface area contributed by atoms with E-state index in [0.29, 0.717) is 24.1 Å². The van der Waals surface area contributed by atoms with Gasteiger partial charge in [0.15, 0.2) is 0 Å². The first-order valence-electron chi connectivity index (χ1n) is 10.1. The summed E-state index contributed by atoms with van der Waals surface area (Å²) in [5.74, 6) is 0.375. The topological polar surface area (TPSA) is 71.5 Å². The number of carbonyl (C=O) groups excluding carboxylic acids is 2. The number of fused-ring (bicyclic) bond motifs is 2. The average molecular weight is 440 g/mol. The second-order valence-corrected chi connectivity index (χ2v) is 7.75. The highest BCUT2D eigenvalue weighted by molar-refractivity contribution is 6.21. The maximum Gasteiger partial charge on any atom is 0.261 e. The van der Waals surface area contributed by atoms with Gasteiger partial charge in [0.2, 0.25) is 0 Å². The van der Waals surface area contributed by atoms with Crippen molar-refractivity contribution in [1.82, 2.24) is 9.88 Å². The highest BCUT2D eigenvalue weighted by atomic mass is 35.5. The van der Waals surface area contributed by atoms with E-state index in [2.05, 4.69) is 23.3 Å². The minimum atomic E-state index is -0.199. The van der Waals surface area contributed by atoms with E-state index >= 15 is 0 Å². The van der Waals surface area contributed by atoms with Crippen LogP contribution in [0.2, 0.25) is 0 Å². The number of aromatic nitrogens is 1. The first-order valence-corrected chi connectivity index (χ1v) is 10.1. The van der Waals surface area contributed by atoms with E-state index in [4.69, 9.17) is 4.74 Å². The molecule has 1 N–H and O–H groups in total. The van der Waals surface area contributed by atoms with Crippen LogP contribution >= 0.6 is 12.4 Å². The Bertz CT molecular complexity index is 1100. The van der Waals surface area contributed by atoms with E-state index < -0.39 is 0 Å². The first-order chi connectivity index (χ1) is 14.5. The molecular weight excluding hydrogens is 414 g/mol. The van der Waals surface area contributed by atoms with Crippen molar-refractivity contribution in [3.8, 4) is 5.75 Å². The zero-order valence-corrected chi connectivity index (χ0v) is 18.7. The summed E-state index contributed by atoms with van der Waals surface area (Å²) in [6, 6.07) is 13.1. The molecular formula is C24H26ClN3O3. The molecule has 2 amide bonds. The molecule has 1 aliphatic rings. The molecule has 31 heavy (non-hydrogen) atoms. The fraction of sp³-hybridized carbons (Fsp3) is 0.292. The van der Waals surface area contributed by atoms with Crippen molar-refractivity contribution in [2.24, 2.45) is 0 Å². The van der Waals surface area contributed by atoms with Crippen LogP contribution in [0.4, 0.5) is 5.69 Å². The Morgan fingerprint density at radius 2 is 1.77 bits per heavy atom. The Morgan fingerprint density at radius 1 is 1.10 bits per heavy atom. The summed E-state index contributed by atoms with van der Waals surface area (Å²) < 4.78 is 5.44. The predicted octanol–water partition coefficient (Wildman–Crippen LogP) is 4.85. The zero-order valence-electron chi connectivity index (χ0n) is 17.8. The highest BCUT2D eigenvalue weighted by Crippen LogP contribution is 2.29. The van der Waals surface area contributed by atoms with Gasteiger partial charge in [-0.25, -0.2) is 0 Å². The fourth-order valence-corrected chi connectivity index (χ4v) is 3.90. The number of hydrogen-bond donors (Lipinski definition) is 1. The molecule has 0 spiro atoms. The number of nitrogens with one attached hydrogen (secondary N) is 1. The fourth-order valence-electron chi connectivity index (χ4n) is 3.90. The van der Waals surface area contributed by atoms with Gasteiger partial charge >= 0.3 is 0 Å². The number of ether oxygens (including phenoxy) is 1. The lowest BCUT2D eigenvalue weighted by Crippen LogP contribution is -2.31. The van der Waals surface area contributed by atoms with Gasteiger partial charge in [-0.05, 0) is 56.5 Å². The third-order valence-electron chi connectivity index (χ3n) is 5.43. The Hall–Kier alpha value is -3.12. The van der Waals surface area contributed by atoms with Crippen molar-refractivity contribution >= 4 is 40.8 Å². The minimum absolute atomic E-state index is 0. The maximum absolute atomic E-state index is 12.5. The summed E-state index contributed by atoms with van der Waals surface area (Å²) in [6.07, 6.45) is 3.37. The van der Waals surface area contributed by atoms with Crippen LogP contribution in [0.5, 0.6) is 5.75 Å². The van der Waals surface area contributed by atoms with Gasteiger partial charge in [-0.1, -0.05) is 12.1 Å². The number of halogens is 1. The van der Waals surface area contributed by atoms with E-state index in [1.165, 1.54) is 4.90 Å². The number of carbonyl (C=O) groups is 2. The molecule has 0 fully saturated rings. The maximum atomic E-state index is 12.5. The van der Waals surface area contributed by atoms with E-state index in [0.717, 1.165) is 34.3 Å². The molecule has 4 rings (SSSR count). The van der Waals surface area contributed by atoms with Crippen LogP contribution in [0.25, 0.3) is 10.9 Å². The van der Waals surface area contributed by atoms with E-state index in [1.807, 2.05) is 25.3 Å². The summed E-state index contributed by atoms with van der Waals surface area (Å²) in [5.41, 5.74) is 3.90. The Morgan fingerprint density at radius 3 is 2.42 bits per heavy atom. The summed E-state index contributed by atoms with van der Waals surface area (Å²) in [6.45, 7) is 4.51. The Kier molecular flexibility index (Phi) is 6.81. The predicted molar refractivity (Wildman–Crippen MR) is 124 cm³/mol.